The van der Waals surface area contributed by atoms with Crippen molar-refractivity contribution >= 4 is 35.0 Å². The topological polar surface area (TPSA) is 69.0 Å². The zero-order valence-electron chi connectivity index (χ0n) is 16.0. The number of thioether (sulfide) groups is 1. The van der Waals surface area contributed by atoms with E-state index in [9.17, 15) is 4.79 Å². The Balaban J connectivity index is 1.62. The van der Waals surface area contributed by atoms with Crippen LogP contribution in [0, 0.1) is 6.92 Å². The molecule has 0 aliphatic rings. The van der Waals surface area contributed by atoms with Crippen LogP contribution in [0.15, 0.2) is 66.3 Å². The fraction of sp³-hybridized carbons (Fsp3) is 0.190. The molecule has 0 saturated carbocycles. The lowest BCUT2D eigenvalue weighted by Crippen LogP contribution is -2.15. The molecule has 8 heteroatoms. The Labute approximate surface area is 178 Å². The molecule has 3 aromatic rings. The number of aryl methyl sites for hydroxylation is 1. The number of halogens is 1. The number of amides is 1. The van der Waals surface area contributed by atoms with E-state index in [1.807, 2.05) is 47.9 Å². The zero-order chi connectivity index (χ0) is 20.6. The van der Waals surface area contributed by atoms with Crippen LogP contribution < -0.4 is 10.1 Å². The predicted molar refractivity (Wildman–Crippen MR) is 117 cm³/mol. The highest BCUT2D eigenvalue weighted by Crippen LogP contribution is 2.22. The van der Waals surface area contributed by atoms with Crippen LogP contribution in [-0.4, -0.2) is 26.4 Å². The maximum atomic E-state index is 12.4. The maximum absolute atomic E-state index is 12.4. The molecule has 0 radical (unpaired) electrons. The average molecular weight is 429 g/mol. The van der Waals surface area contributed by atoms with E-state index < -0.39 is 0 Å². The van der Waals surface area contributed by atoms with E-state index in [0.29, 0.717) is 28.2 Å². The highest BCUT2D eigenvalue weighted by Gasteiger charge is 2.14. The van der Waals surface area contributed by atoms with Gasteiger partial charge in [-0.2, -0.15) is 0 Å². The van der Waals surface area contributed by atoms with E-state index in [2.05, 4.69) is 22.1 Å². The van der Waals surface area contributed by atoms with Gasteiger partial charge >= 0.3 is 0 Å². The van der Waals surface area contributed by atoms with Gasteiger partial charge in [-0.25, -0.2) is 0 Å². The first-order valence-electron chi connectivity index (χ1n) is 8.96. The molecule has 0 unspecified atom stereocenters. The Kier molecular flexibility index (Phi) is 7.32. The molecule has 1 aromatic heterocycles. The SMILES string of the molecule is C=CCn1c(COc2ccccc2)nnc1SCC(=O)Nc1cc(Cl)ccc1C. The second-order valence-electron chi connectivity index (χ2n) is 6.20. The minimum Gasteiger partial charge on any atom is -0.486 e. The summed E-state index contributed by atoms with van der Waals surface area (Å²) in [7, 11) is 0. The van der Waals surface area contributed by atoms with Gasteiger partial charge in [0.05, 0.1) is 5.75 Å². The van der Waals surface area contributed by atoms with Crippen molar-refractivity contribution in [1.82, 2.24) is 14.8 Å². The number of ether oxygens (including phenoxy) is 1. The molecular weight excluding hydrogens is 408 g/mol. The molecule has 1 amide bonds. The number of hydrogen-bond donors (Lipinski definition) is 1. The van der Waals surface area contributed by atoms with Gasteiger partial charge in [0.15, 0.2) is 11.0 Å². The Bertz CT molecular complexity index is 992. The molecule has 1 N–H and O–H groups in total. The summed E-state index contributed by atoms with van der Waals surface area (Å²) in [6, 6.07) is 14.9. The van der Waals surface area contributed by atoms with Gasteiger partial charge in [-0.15, -0.1) is 16.8 Å². The van der Waals surface area contributed by atoms with Crippen LogP contribution in [0.2, 0.25) is 5.02 Å². The summed E-state index contributed by atoms with van der Waals surface area (Å²) in [6.45, 7) is 6.51. The lowest BCUT2D eigenvalue weighted by molar-refractivity contribution is -0.113. The largest absolute Gasteiger partial charge is 0.486 e. The molecule has 0 saturated heterocycles. The summed E-state index contributed by atoms with van der Waals surface area (Å²) < 4.78 is 7.65. The van der Waals surface area contributed by atoms with Gasteiger partial charge in [-0.05, 0) is 36.8 Å². The van der Waals surface area contributed by atoms with E-state index in [4.69, 9.17) is 16.3 Å². The molecule has 1 heterocycles. The lowest BCUT2D eigenvalue weighted by atomic mass is 10.2. The third-order valence-corrected chi connectivity index (χ3v) is 5.22. The standard InChI is InChI=1S/C21H21ClN4O2S/c1-3-11-26-19(13-28-17-7-5-4-6-8-17)24-25-21(26)29-14-20(27)23-18-12-16(22)10-9-15(18)2/h3-10,12H,1,11,13-14H2,2H3,(H,23,27). The fourth-order valence-electron chi connectivity index (χ4n) is 2.55. The van der Waals surface area contributed by atoms with Crippen molar-refractivity contribution < 1.29 is 9.53 Å². The summed E-state index contributed by atoms with van der Waals surface area (Å²) in [5.41, 5.74) is 1.65. The van der Waals surface area contributed by atoms with Gasteiger partial charge in [0.1, 0.15) is 12.4 Å². The van der Waals surface area contributed by atoms with Crippen LogP contribution in [0.1, 0.15) is 11.4 Å². The Morgan fingerprint density at radius 1 is 1.28 bits per heavy atom. The Morgan fingerprint density at radius 3 is 2.83 bits per heavy atom. The number of para-hydroxylation sites is 1. The van der Waals surface area contributed by atoms with E-state index >= 15 is 0 Å². The van der Waals surface area contributed by atoms with Crippen molar-refractivity contribution in [3.63, 3.8) is 0 Å². The van der Waals surface area contributed by atoms with Crippen LogP contribution in [0.3, 0.4) is 0 Å². The van der Waals surface area contributed by atoms with E-state index in [1.54, 1.807) is 18.2 Å². The van der Waals surface area contributed by atoms with Gasteiger partial charge in [-0.3, -0.25) is 9.36 Å². The van der Waals surface area contributed by atoms with E-state index in [-0.39, 0.29) is 18.3 Å². The van der Waals surface area contributed by atoms with Crippen LogP contribution >= 0.6 is 23.4 Å². The number of carbonyl (C=O) groups is 1. The van der Waals surface area contributed by atoms with Crippen molar-refractivity contribution in [2.75, 3.05) is 11.1 Å². The normalized spacial score (nSPS) is 10.6. The highest BCUT2D eigenvalue weighted by molar-refractivity contribution is 7.99. The molecule has 29 heavy (non-hydrogen) atoms. The van der Waals surface area contributed by atoms with Gasteiger partial charge in [0.2, 0.25) is 5.91 Å². The first-order valence-corrected chi connectivity index (χ1v) is 10.3. The third kappa shape index (κ3) is 5.85. The summed E-state index contributed by atoms with van der Waals surface area (Å²) in [5.74, 6) is 1.48. The molecule has 0 bridgehead atoms. The van der Waals surface area contributed by atoms with Crippen molar-refractivity contribution in [3.8, 4) is 5.75 Å². The van der Waals surface area contributed by atoms with Crippen molar-refractivity contribution in [2.24, 2.45) is 0 Å². The second kappa shape index (κ2) is 10.1. The second-order valence-corrected chi connectivity index (χ2v) is 7.57. The molecule has 150 valence electrons. The number of hydrogen-bond acceptors (Lipinski definition) is 5. The first kappa shape index (κ1) is 21.0. The summed E-state index contributed by atoms with van der Waals surface area (Å²) in [4.78, 5) is 12.4. The van der Waals surface area contributed by atoms with Crippen LogP contribution in [0.5, 0.6) is 5.75 Å². The van der Waals surface area contributed by atoms with Crippen LogP contribution in [0.4, 0.5) is 5.69 Å². The van der Waals surface area contributed by atoms with Gasteiger partial charge < -0.3 is 10.1 Å². The number of benzene rings is 2. The number of allylic oxidation sites excluding steroid dienone is 1. The smallest absolute Gasteiger partial charge is 0.234 e. The Morgan fingerprint density at radius 2 is 2.07 bits per heavy atom. The Hall–Kier alpha value is -2.77. The number of carbonyl (C=O) groups excluding carboxylic acids is 1. The van der Waals surface area contributed by atoms with Gasteiger partial charge in [0, 0.05) is 17.3 Å². The number of nitrogens with one attached hydrogen (secondary N) is 1. The molecule has 0 fully saturated rings. The molecular formula is C21H21ClN4O2S. The summed E-state index contributed by atoms with van der Waals surface area (Å²) >= 11 is 7.31. The molecule has 6 nitrogen and oxygen atoms in total. The average Bonchev–Trinajstić information content (AvgIpc) is 3.10. The number of nitrogens with zero attached hydrogens (tertiary/aromatic N) is 3. The number of anilines is 1. The maximum Gasteiger partial charge on any atom is 0.234 e. The quantitative estimate of drug-likeness (QED) is 0.394. The molecule has 0 atom stereocenters. The van der Waals surface area contributed by atoms with Crippen molar-refractivity contribution in [1.29, 1.82) is 0 Å². The number of aromatic nitrogens is 3. The lowest BCUT2D eigenvalue weighted by Gasteiger charge is -2.10. The van der Waals surface area contributed by atoms with E-state index in [1.165, 1.54) is 11.8 Å². The molecule has 2 aromatic carbocycles. The van der Waals surface area contributed by atoms with Crippen LogP contribution in [-0.2, 0) is 17.9 Å². The van der Waals surface area contributed by atoms with Gasteiger partial charge in [-0.1, -0.05) is 53.7 Å². The first-order chi connectivity index (χ1) is 14.1. The summed E-state index contributed by atoms with van der Waals surface area (Å²) in [5, 5.41) is 12.5. The zero-order valence-corrected chi connectivity index (χ0v) is 17.5. The minimum absolute atomic E-state index is 0.143. The molecule has 0 spiro atoms. The fourth-order valence-corrected chi connectivity index (χ4v) is 3.49. The highest BCUT2D eigenvalue weighted by atomic mass is 35.5. The third-order valence-electron chi connectivity index (χ3n) is 4.02. The van der Waals surface area contributed by atoms with Crippen molar-refractivity contribution in [2.45, 2.75) is 25.2 Å². The van der Waals surface area contributed by atoms with E-state index in [0.717, 1.165) is 11.3 Å². The molecule has 0 aliphatic carbocycles. The monoisotopic (exact) mass is 428 g/mol. The minimum atomic E-state index is -0.143. The summed E-state index contributed by atoms with van der Waals surface area (Å²) in [6.07, 6.45) is 1.76. The number of rotatable bonds is 9. The van der Waals surface area contributed by atoms with Gasteiger partial charge in [0.25, 0.3) is 0 Å². The van der Waals surface area contributed by atoms with Crippen LogP contribution in [0.25, 0.3) is 0 Å². The predicted octanol–water partition coefficient (Wildman–Crippen LogP) is 4.74. The molecule has 3 rings (SSSR count). The van der Waals surface area contributed by atoms with Crippen molar-refractivity contribution in [3.05, 3.63) is 77.6 Å². The molecule has 0 aliphatic heterocycles.